The molecule has 3 rings (SSSR count). The molecular formula is C18H15ClF6N2O4. The van der Waals surface area contributed by atoms with E-state index in [9.17, 15) is 31.1 Å². The second kappa shape index (κ2) is 8.84. The maximum Gasteiger partial charge on any atom is 0.490 e. The van der Waals surface area contributed by atoms with Gasteiger partial charge in [-0.1, -0.05) is 17.5 Å². The number of ether oxygens (including phenoxy) is 1. The summed E-state index contributed by atoms with van der Waals surface area (Å²) in [5, 5.41) is 7.22. The van der Waals surface area contributed by atoms with Crippen LogP contribution in [0.1, 0.15) is 18.4 Å². The Morgan fingerprint density at radius 2 is 1.87 bits per heavy atom. The Hall–Kier alpha value is -2.65. The number of anilines is 1. The number of amides is 1. The normalized spacial score (nSPS) is 20.5. The topological polar surface area (TPSA) is 92.9 Å². The van der Waals surface area contributed by atoms with Crippen LogP contribution in [0.3, 0.4) is 0 Å². The van der Waals surface area contributed by atoms with Crippen LogP contribution in [0, 0.1) is 17.8 Å². The van der Waals surface area contributed by atoms with E-state index >= 15 is 0 Å². The van der Waals surface area contributed by atoms with Gasteiger partial charge in [0.1, 0.15) is 0 Å². The highest BCUT2D eigenvalue weighted by Crippen LogP contribution is 2.49. The number of hydrogen-bond donors (Lipinski definition) is 2. The lowest BCUT2D eigenvalue weighted by Gasteiger charge is -2.40. The zero-order valence-electron chi connectivity index (χ0n) is 15.5. The van der Waals surface area contributed by atoms with Crippen molar-refractivity contribution in [2.24, 2.45) is 11.7 Å². The van der Waals surface area contributed by atoms with Crippen LogP contribution in [-0.2, 0) is 15.1 Å². The largest absolute Gasteiger partial charge is 0.490 e. The van der Waals surface area contributed by atoms with Gasteiger partial charge in [0.2, 0.25) is 0 Å². The number of benzene rings is 1. The van der Waals surface area contributed by atoms with Crippen molar-refractivity contribution in [3.63, 3.8) is 0 Å². The number of halogens is 7. The van der Waals surface area contributed by atoms with Crippen molar-refractivity contribution in [1.29, 1.82) is 0 Å². The van der Waals surface area contributed by atoms with Crippen molar-refractivity contribution in [3.8, 4) is 11.8 Å². The van der Waals surface area contributed by atoms with Crippen molar-refractivity contribution >= 4 is 29.4 Å². The van der Waals surface area contributed by atoms with Gasteiger partial charge in [0.25, 0.3) is 5.60 Å². The third kappa shape index (κ3) is 5.54. The summed E-state index contributed by atoms with van der Waals surface area (Å²) >= 11 is 5.89. The zero-order valence-corrected chi connectivity index (χ0v) is 16.2. The smallest absolute Gasteiger partial charge is 0.475 e. The molecule has 1 aromatic rings. The molecule has 170 valence electrons. The predicted octanol–water partition coefficient (Wildman–Crippen LogP) is 4.06. The molecule has 0 saturated heterocycles. The van der Waals surface area contributed by atoms with Crippen molar-refractivity contribution < 1.29 is 45.8 Å². The zero-order chi connectivity index (χ0) is 23.6. The second-order valence-electron chi connectivity index (χ2n) is 6.50. The molecule has 6 nitrogen and oxygen atoms in total. The van der Waals surface area contributed by atoms with Gasteiger partial charge in [-0.3, -0.25) is 4.90 Å². The predicted molar refractivity (Wildman–Crippen MR) is 96.3 cm³/mol. The number of rotatable bonds is 2. The SMILES string of the molecule is NCCN1C(=O)OC(C#CC2CC2)(C(F)(F)F)c2cc(Cl)ccc21.O=C(O)C(F)(F)F. The molecule has 1 saturated carbocycles. The lowest BCUT2D eigenvalue weighted by atomic mass is 9.89. The maximum absolute atomic E-state index is 13.9. The molecule has 13 heteroatoms. The first kappa shape index (κ1) is 24.6. The molecule has 31 heavy (non-hydrogen) atoms. The number of nitrogens with zero attached hydrogens (tertiary/aromatic N) is 1. The number of nitrogens with two attached hydrogens (primary N) is 1. The number of carbonyl (C=O) groups excluding carboxylic acids is 1. The molecule has 0 spiro atoms. The maximum atomic E-state index is 13.9. The number of alkyl halides is 6. The molecule has 0 bridgehead atoms. The lowest BCUT2D eigenvalue weighted by Crippen LogP contribution is -2.53. The summed E-state index contributed by atoms with van der Waals surface area (Å²) < 4.78 is 78.3. The van der Waals surface area contributed by atoms with Gasteiger partial charge in [-0.2, -0.15) is 26.3 Å². The monoisotopic (exact) mass is 472 g/mol. The van der Waals surface area contributed by atoms with Crippen molar-refractivity contribution in [2.45, 2.75) is 30.8 Å². The number of aliphatic carboxylic acids is 1. The second-order valence-corrected chi connectivity index (χ2v) is 6.93. The summed E-state index contributed by atoms with van der Waals surface area (Å²) in [6.07, 6.45) is -9.62. The van der Waals surface area contributed by atoms with E-state index in [1.54, 1.807) is 0 Å². The van der Waals surface area contributed by atoms with Gasteiger partial charge in [0, 0.05) is 29.6 Å². The van der Waals surface area contributed by atoms with Crippen molar-refractivity contribution in [3.05, 3.63) is 28.8 Å². The Bertz CT molecular complexity index is 920. The van der Waals surface area contributed by atoms with Gasteiger partial charge in [-0.15, -0.1) is 0 Å². The van der Waals surface area contributed by atoms with Crippen LogP contribution in [0.5, 0.6) is 0 Å². The van der Waals surface area contributed by atoms with E-state index in [1.165, 1.54) is 12.1 Å². The van der Waals surface area contributed by atoms with Crippen molar-refractivity contribution in [2.75, 3.05) is 18.0 Å². The fraction of sp³-hybridized carbons (Fsp3) is 0.444. The highest BCUT2D eigenvalue weighted by Gasteiger charge is 2.63. The minimum absolute atomic E-state index is 0.0253. The van der Waals surface area contributed by atoms with Gasteiger partial charge in [-0.05, 0) is 37.0 Å². The van der Waals surface area contributed by atoms with E-state index < -0.39 is 30.0 Å². The molecule has 1 aliphatic heterocycles. The van der Waals surface area contributed by atoms with E-state index in [2.05, 4.69) is 11.8 Å². The Morgan fingerprint density at radius 3 is 2.32 bits per heavy atom. The van der Waals surface area contributed by atoms with Gasteiger partial charge < -0.3 is 15.6 Å². The third-order valence-corrected chi connectivity index (χ3v) is 4.35. The minimum Gasteiger partial charge on any atom is -0.475 e. The van der Waals surface area contributed by atoms with Gasteiger partial charge in [0.15, 0.2) is 0 Å². The Balaban J connectivity index is 0.000000423. The number of carboxylic acid groups (broad SMARTS) is 1. The fourth-order valence-electron chi connectivity index (χ4n) is 2.51. The molecule has 1 aromatic carbocycles. The first-order valence-corrected chi connectivity index (χ1v) is 9.01. The average Bonchev–Trinajstić information content (AvgIpc) is 3.46. The number of cyclic esters (lactones) is 1. The number of hydrogen-bond acceptors (Lipinski definition) is 4. The lowest BCUT2D eigenvalue weighted by molar-refractivity contribution is -0.240. The molecule has 1 heterocycles. The molecular weight excluding hydrogens is 458 g/mol. The van der Waals surface area contributed by atoms with Crippen LogP contribution in [0.4, 0.5) is 36.8 Å². The van der Waals surface area contributed by atoms with Crippen LogP contribution >= 0.6 is 11.6 Å². The molecule has 1 fully saturated rings. The van der Waals surface area contributed by atoms with E-state index in [0.717, 1.165) is 23.8 Å². The van der Waals surface area contributed by atoms with Crippen LogP contribution in [0.15, 0.2) is 18.2 Å². The number of fused-ring (bicyclic) bond motifs is 1. The van der Waals surface area contributed by atoms with E-state index in [0.29, 0.717) is 0 Å². The highest BCUT2D eigenvalue weighted by atomic mass is 35.5. The highest BCUT2D eigenvalue weighted by molar-refractivity contribution is 6.30. The number of carboxylic acids is 1. The van der Waals surface area contributed by atoms with E-state index in [4.69, 9.17) is 32.0 Å². The summed E-state index contributed by atoms with van der Waals surface area (Å²) in [6, 6.07) is 3.91. The minimum atomic E-state index is -5.08. The molecule has 1 atom stereocenters. The molecule has 0 aromatic heterocycles. The quantitative estimate of drug-likeness (QED) is 0.500. The van der Waals surface area contributed by atoms with Gasteiger partial charge >= 0.3 is 24.4 Å². The molecule has 3 N–H and O–H groups in total. The van der Waals surface area contributed by atoms with E-state index in [1.807, 2.05) is 0 Å². The summed E-state index contributed by atoms with van der Waals surface area (Å²) in [6.45, 7) is 0.0986. The molecule has 1 aliphatic carbocycles. The van der Waals surface area contributed by atoms with Crippen LogP contribution < -0.4 is 10.6 Å². The molecule has 0 radical (unpaired) electrons. The number of carbonyl (C=O) groups is 2. The molecule has 2 aliphatic rings. The Kier molecular flexibility index (Phi) is 7.02. The average molecular weight is 473 g/mol. The standard InChI is InChI=1S/C16H14ClF3N2O2.C2HF3O2/c17-11-3-4-13-12(9-11)15(16(18,19)20,6-5-10-1-2-10)24-14(23)22(13)8-7-21;3-2(4,5)1(6)7/h3-4,9-10H,1-2,7-8,21H2;(H,6,7). The summed E-state index contributed by atoms with van der Waals surface area (Å²) in [7, 11) is 0. The van der Waals surface area contributed by atoms with Crippen molar-refractivity contribution in [1.82, 2.24) is 0 Å². The summed E-state index contributed by atoms with van der Waals surface area (Å²) in [5.41, 5.74) is 2.20. The fourth-order valence-corrected chi connectivity index (χ4v) is 2.68. The first-order chi connectivity index (χ1) is 14.2. The third-order valence-electron chi connectivity index (χ3n) is 4.11. The Morgan fingerprint density at radius 1 is 1.29 bits per heavy atom. The van der Waals surface area contributed by atoms with E-state index in [-0.39, 0.29) is 35.3 Å². The summed E-state index contributed by atoms with van der Waals surface area (Å²) in [4.78, 5) is 22.2. The Labute approximate surface area is 176 Å². The van der Waals surface area contributed by atoms with Gasteiger partial charge in [-0.25, -0.2) is 9.59 Å². The van der Waals surface area contributed by atoms with Crippen LogP contribution in [0.25, 0.3) is 0 Å². The molecule has 1 unspecified atom stereocenters. The van der Waals surface area contributed by atoms with Crippen LogP contribution in [0.2, 0.25) is 5.02 Å². The first-order valence-electron chi connectivity index (χ1n) is 8.63. The molecule has 1 amide bonds. The van der Waals surface area contributed by atoms with Gasteiger partial charge in [0.05, 0.1) is 5.69 Å². The van der Waals surface area contributed by atoms with Crippen LogP contribution in [-0.4, -0.2) is 42.6 Å². The summed E-state index contributed by atoms with van der Waals surface area (Å²) in [5.74, 6) is 1.90.